The molecule has 0 bridgehead atoms. The molecule has 158 valence electrons. The number of aromatic hydroxyl groups is 2. The number of aromatic amines is 1. The molecule has 0 unspecified atom stereocenters. The van der Waals surface area contributed by atoms with Gasteiger partial charge in [0.15, 0.2) is 22.9 Å². The van der Waals surface area contributed by atoms with E-state index in [9.17, 15) is 14.6 Å². The molecule has 0 spiro atoms. The number of nitrogens with one attached hydrogen (secondary N) is 2. The Morgan fingerprint density at radius 3 is 2.71 bits per heavy atom. The number of nitrogens with zero attached hydrogens (tertiary/aromatic N) is 4. The number of fused-ring (bicyclic) bond motifs is 1. The van der Waals surface area contributed by atoms with Crippen LogP contribution < -0.4 is 16.0 Å². The summed E-state index contributed by atoms with van der Waals surface area (Å²) >= 11 is 0. The molecule has 3 heterocycles. The smallest absolute Gasteiger partial charge is 0.198 e. The zero-order chi connectivity index (χ0) is 21.5. The van der Waals surface area contributed by atoms with Crippen molar-refractivity contribution in [3.63, 3.8) is 0 Å². The first-order chi connectivity index (χ1) is 15.0. The second kappa shape index (κ2) is 7.42. The molecule has 3 aromatic heterocycles. The van der Waals surface area contributed by atoms with Crippen molar-refractivity contribution in [2.75, 3.05) is 5.32 Å². The molecule has 4 aromatic rings. The van der Waals surface area contributed by atoms with Crippen LogP contribution in [0.2, 0.25) is 0 Å². The number of benzene rings is 1. The molecule has 9 heteroatoms. The largest absolute Gasteiger partial charge is 0.494 e. The number of H-pyrrole nitrogens is 1. The van der Waals surface area contributed by atoms with Gasteiger partial charge in [0.1, 0.15) is 11.6 Å². The van der Waals surface area contributed by atoms with Gasteiger partial charge in [-0.15, -0.1) is 0 Å². The maximum atomic E-state index is 13.3. The lowest BCUT2D eigenvalue weighted by molar-refractivity contribution is 0.425. The molecule has 4 N–H and O–H groups in total. The lowest BCUT2D eigenvalue weighted by atomic mass is 10.1. The maximum Gasteiger partial charge on any atom is 0.198 e. The Morgan fingerprint density at radius 2 is 2.03 bits per heavy atom. The third-order valence-corrected chi connectivity index (χ3v) is 5.20. The predicted molar refractivity (Wildman–Crippen MR) is 113 cm³/mol. The van der Waals surface area contributed by atoms with Gasteiger partial charge in [0, 0.05) is 29.0 Å². The van der Waals surface area contributed by atoms with Crippen molar-refractivity contribution in [3.05, 3.63) is 70.2 Å². The van der Waals surface area contributed by atoms with E-state index in [4.69, 9.17) is 9.98 Å². The van der Waals surface area contributed by atoms with E-state index in [1.54, 1.807) is 28.9 Å². The van der Waals surface area contributed by atoms with Gasteiger partial charge in [-0.05, 0) is 43.5 Å². The summed E-state index contributed by atoms with van der Waals surface area (Å²) in [5, 5.41) is 28.0. The number of halogens is 1. The van der Waals surface area contributed by atoms with E-state index in [-0.39, 0.29) is 29.7 Å². The van der Waals surface area contributed by atoms with Crippen LogP contribution in [0.1, 0.15) is 36.9 Å². The summed E-state index contributed by atoms with van der Waals surface area (Å²) in [6.45, 7) is 1.97. The minimum Gasteiger partial charge on any atom is -0.494 e. The Bertz CT molecular complexity index is 1370. The average molecular weight is 420 g/mol. The molecule has 31 heavy (non-hydrogen) atoms. The Hall–Kier alpha value is -3.88. The van der Waals surface area contributed by atoms with Crippen molar-refractivity contribution < 1.29 is 14.6 Å². The standard InChI is InChI=1S/C22H21FN6O2/c1-12(13-2-4-16(23)5-3-13)25-18-10-19(26-17-6-7-17)29-21(27-18)15(11-24-29)8-14-9-20(30)28-22(14)31/h2-5,8-12,17,25,28,30-31H,6-7H2,1H3/t12-/m1/s1. The van der Waals surface area contributed by atoms with Gasteiger partial charge in [0.2, 0.25) is 0 Å². The molecular formula is C22H21FN6O2. The second-order valence-electron chi connectivity index (χ2n) is 7.72. The SMILES string of the molecule is C[C@@H](Nc1cc(=NC2CC2)n2ncc(=Cc3cc(O)[nH]c3O)c2n1)c1ccc(F)cc1. The Kier molecular flexibility index (Phi) is 4.58. The number of hydrogen-bond acceptors (Lipinski definition) is 6. The summed E-state index contributed by atoms with van der Waals surface area (Å²) in [6.07, 6.45) is 5.44. The first-order valence-corrected chi connectivity index (χ1v) is 10.0. The van der Waals surface area contributed by atoms with Crippen molar-refractivity contribution in [1.29, 1.82) is 0 Å². The molecule has 0 saturated heterocycles. The Morgan fingerprint density at radius 1 is 1.26 bits per heavy atom. The highest BCUT2D eigenvalue weighted by Crippen LogP contribution is 2.23. The molecule has 1 atom stereocenters. The first-order valence-electron chi connectivity index (χ1n) is 10.0. The lowest BCUT2D eigenvalue weighted by Crippen LogP contribution is -2.21. The third kappa shape index (κ3) is 3.94. The number of rotatable bonds is 5. The predicted octanol–water partition coefficient (Wildman–Crippen LogP) is 2.39. The van der Waals surface area contributed by atoms with E-state index in [0.29, 0.717) is 27.7 Å². The molecule has 0 aliphatic heterocycles. The van der Waals surface area contributed by atoms with Crippen LogP contribution in [0.3, 0.4) is 0 Å². The van der Waals surface area contributed by atoms with Gasteiger partial charge in [0.25, 0.3) is 0 Å². The van der Waals surface area contributed by atoms with E-state index in [1.165, 1.54) is 18.2 Å². The van der Waals surface area contributed by atoms with Crippen LogP contribution in [-0.2, 0) is 0 Å². The number of hydrogen-bond donors (Lipinski definition) is 4. The van der Waals surface area contributed by atoms with Crippen LogP contribution in [0.15, 0.2) is 47.6 Å². The third-order valence-electron chi connectivity index (χ3n) is 5.20. The van der Waals surface area contributed by atoms with Crippen molar-refractivity contribution in [2.24, 2.45) is 4.99 Å². The highest BCUT2D eigenvalue weighted by molar-refractivity contribution is 5.62. The molecule has 1 aliphatic carbocycles. The topological polar surface area (TPSA) is 111 Å². The van der Waals surface area contributed by atoms with Crippen LogP contribution in [0, 0.1) is 5.82 Å². The monoisotopic (exact) mass is 420 g/mol. The average Bonchev–Trinajstić information content (AvgIpc) is 3.37. The molecule has 1 fully saturated rings. The van der Waals surface area contributed by atoms with Crippen LogP contribution >= 0.6 is 0 Å². The van der Waals surface area contributed by atoms with Gasteiger partial charge in [-0.25, -0.2) is 9.37 Å². The van der Waals surface area contributed by atoms with Gasteiger partial charge in [-0.3, -0.25) is 9.98 Å². The highest BCUT2D eigenvalue weighted by Gasteiger charge is 2.20. The van der Waals surface area contributed by atoms with Gasteiger partial charge in [-0.2, -0.15) is 9.61 Å². The summed E-state index contributed by atoms with van der Waals surface area (Å²) < 4.78 is 14.9. The van der Waals surface area contributed by atoms with Crippen molar-refractivity contribution in [1.82, 2.24) is 19.6 Å². The van der Waals surface area contributed by atoms with E-state index in [0.717, 1.165) is 18.4 Å². The summed E-state index contributed by atoms with van der Waals surface area (Å²) in [7, 11) is 0. The number of aromatic nitrogens is 4. The quantitative estimate of drug-likeness (QED) is 0.396. The first kappa shape index (κ1) is 19.1. The fourth-order valence-electron chi connectivity index (χ4n) is 3.40. The van der Waals surface area contributed by atoms with Gasteiger partial charge >= 0.3 is 0 Å². The Balaban J connectivity index is 1.60. The summed E-state index contributed by atoms with van der Waals surface area (Å²) in [4.78, 5) is 11.9. The van der Waals surface area contributed by atoms with Crippen LogP contribution in [0.4, 0.5) is 10.2 Å². The van der Waals surface area contributed by atoms with Crippen LogP contribution in [0.25, 0.3) is 11.7 Å². The molecule has 5 rings (SSSR count). The van der Waals surface area contributed by atoms with Gasteiger partial charge in [-0.1, -0.05) is 12.1 Å². The van der Waals surface area contributed by atoms with Crippen molar-refractivity contribution >= 4 is 17.5 Å². The van der Waals surface area contributed by atoms with Crippen molar-refractivity contribution in [3.8, 4) is 11.8 Å². The zero-order valence-electron chi connectivity index (χ0n) is 16.7. The highest BCUT2D eigenvalue weighted by atomic mass is 19.1. The molecular weight excluding hydrogens is 399 g/mol. The Labute approximate surface area is 176 Å². The maximum absolute atomic E-state index is 13.3. The molecule has 0 radical (unpaired) electrons. The summed E-state index contributed by atoms with van der Waals surface area (Å²) in [6, 6.07) is 9.79. The van der Waals surface area contributed by atoms with E-state index >= 15 is 0 Å². The number of anilines is 1. The van der Waals surface area contributed by atoms with E-state index in [1.807, 2.05) is 13.0 Å². The van der Waals surface area contributed by atoms with E-state index < -0.39 is 0 Å². The normalized spacial score (nSPS) is 16.2. The fourth-order valence-corrected chi connectivity index (χ4v) is 3.40. The fraction of sp³-hybridized carbons (Fsp3) is 0.227. The summed E-state index contributed by atoms with van der Waals surface area (Å²) in [5.41, 5.74) is 2.60. The molecule has 1 aliphatic rings. The minimum atomic E-state index is -0.278. The van der Waals surface area contributed by atoms with Gasteiger partial charge < -0.3 is 15.5 Å². The zero-order valence-corrected chi connectivity index (χ0v) is 16.7. The molecule has 1 saturated carbocycles. The summed E-state index contributed by atoms with van der Waals surface area (Å²) in [5.74, 6) is 0.0616. The van der Waals surface area contributed by atoms with Crippen LogP contribution in [0.5, 0.6) is 11.8 Å². The lowest BCUT2D eigenvalue weighted by Gasteiger charge is -2.15. The van der Waals surface area contributed by atoms with E-state index in [2.05, 4.69) is 15.4 Å². The molecule has 1 aromatic carbocycles. The van der Waals surface area contributed by atoms with Crippen LogP contribution in [-0.4, -0.2) is 35.8 Å². The minimum absolute atomic E-state index is 0.106. The molecule has 0 amide bonds. The second-order valence-corrected chi connectivity index (χ2v) is 7.72. The van der Waals surface area contributed by atoms with Gasteiger partial charge in [0.05, 0.1) is 12.2 Å². The molecule has 8 nitrogen and oxygen atoms in total. The van der Waals surface area contributed by atoms with Crippen molar-refractivity contribution in [2.45, 2.75) is 31.8 Å².